The molecule has 3 unspecified atom stereocenters. The first-order chi connectivity index (χ1) is 19.0. The van der Waals surface area contributed by atoms with Crippen molar-refractivity contribution in [2.45, 2.75) is 128 Å². The predicted octanol–water partition coefficient (Wildman–Crippen LogP) is 6.17. The van der Waals surface area contributed by atoms with Gasteiger partial charge in [0, 0.05) is 46.4 Å². The average Bonchev–Trinajstić information content (AvgIpc) is 2.93. The zero-order valence-corrected chi connectivity index (χ0v) is 31.6. The summed E-state index contributed by atoms with van der Waals surface area (Å²) in [4.78, 5) is 12.6. The molecular weight excluding hydrogens is 597 g/mol. The fraction of sp³-hybridized carbons (Fsp3) is 0.962. The quantitative estimate of drug-likeness (QED) is 0.0867. The monoisotopic (exact) mass is 654 g/mol. The summed E-state index contributed by atoms with van der Waals surface area (Å²) in [5.41, 5.74) is 0. The summed E-state index contributed by atoms with van der Waals surface area (Å²) < 4.78 is 54.3. The molecular formula is C26H58O9Si5. The van der Waals surface area contributed by atoms with E-state index in [2.05, 4.69) is 26.6 Å². The molecule has 0 radical (unpaired) electrons. The van der Waals surface area contributed by atoms with Crippen molar-refractivity contribution in [3.05, 3.63) is 0 Å². The number of esters is 1. The summed E-state index contributed by atoms with van der Waals surface area (Å²) in [6.07, 6.45) is 12.6. The Morgan fingerprint density at radius 2 is 1.45 bits per heavy atom. The van der Waals surface area contributed by atoms with Gasteiger partial charge in [-0.2, -0.15) is 0 Å². The van der Waals surface area contributed by atoms with E-state index in [9.17, 15) is 9.26 Å². The van der Waals surface area contributed by atoms with Crippen molar-refractivity contribution in [3.8, 4) is 0 Å². The van der Waals surface area contributed by atoms with Crippen molar-refractivity contribution in [1.29, 1.82) is 0 Å². The molecule has 0 amide bonds. The van der Waals surface area contributed by atoms with Gasteiger partial charge in [-0.05, 0) is 44.6 Å². The molecule has 1 heterocycles. The van der Waals surface area contributed by atoms with Crippen LogP contribution in [0.15, 0.2) is 0 Å². The summed E-state index contributed by atoms with van der Waals surface area (Å²) in [6.45, 7) is 9.45. The molecule has 0 saturated carbocycles. The van der Waals surface area contributed by atoms with Crippen molar-refractivity contribution < 1.29 is 39.9 Å². The van der Waals surface area contributed by atoms with Crippen molar-refractivity contribution in [3.63, 3.8) is 0 Å². The van der Waals surface area contributed by atoms with Crippen molar-refractivity contribution in [1.82, 2.24) is 0 Å². The van der Waals surface area contributed by atoms with Crippen LogP contribution in [0.2, 0.25) is 43.8 Å². The molecule has 1 aliphatic rings. The minimum absolute atomic E-state index is 0.244. The molecule has 0 aromatic rings. The number of hydrogen-bond donors (Lipinski definition) is 0. The third-order valence-electron chi connectivity index (χ3n) is 7.70. The predicted molar refractivity (Wildman–Crippen MR) is 169 cm³/mol. The summed E-state index contributed by atoms with van der Waals surface area (Å²) in [5.74, 6) is -0.256. The molecule has 0 aliphatic carbocycles. The molecule has 236 valence electrons. The number of rotatable bonds is 20. The van der Waals surface area contributed by atoms with Crippen molar-refractivity contribution in [2.75, 3.05) is 34.5 Å². The Morgan fingerprint density at radius 3 is 2.05 bits per heavy atom. The van der Waals surface area contributed by atoms with E-state index in [-0.39, 0.29) is 19.0 Å². The normalized spacial score (nSPS) is 26.4. The maximum atomic E-state index is 12.6. The SMILES string of the molecule is CCCCCCCCCC[Si]1(C)O[Si](C)(CCC(=O)OCCC[Si](OC)(OC)OC)OCCCC[Si](C)([SiH]=O)O1. The Bertz CT molecular complexity index is 710. The van der Waals surface area contributed by atoms with Crippen LogP contribution in [0.5, 0.6) is 0 Å². The third kappa shape index (κ3) is 15.0. The molecule has 0 bridgehead atoms. The minimum atomic E-state index is -2.72. The largest absolute Gasteiger partial charge is 0.500 e. The Balaban J connectivity index is 2.74. The molecule has 1 saturated heterocycles. The zero-order chi connectivity index (χ0) is 30.0. The second-order valence-corrected chi connectivity index (χ2v) is 29.8. The van der Waals surface area contributed by atoms with Gasteiger partial charge in [0.25, 0.3) is 8.92 Å². The summed E-state index contributed by atoms with van der Waals surface area (Å²) in [6, 6.07) is 2.87. The first-order valence-corrected chi connectivity index (χ1v) is 27.2. The van der Waals surface area contributed by atoms with Gasteiger partial charge in [0.05, 0.1) is 6.61 Å². The fourth-order valence-corrected chi connectivity index (χ4v) is 24.1. The fourth-order valence-electron chi connectivity index (χ4n) is 5.24. The highest BCUT2D eigenvalue weighted by molar-refractivity contribution is 7.17. The van der Waals surface area contributed by atoms with Crippen LogP contribution in [0.4, 0.5) is 0 Å². The Hall–Kier alpha value is 0.114. The van der Waals surface area contributed by atoms with Crippen LogP contribution in [-0.2, 0) is 39.9 Å². The van der Waals surface area contributed by atoms with Gasteiger partial charge in [0.15, 0.2) is 0 Å². The van der Waals surface area contributed by atoms with Crippen LogP contribution in [0.1, 0.15) is 84.0 Å². The van der Waals surface area contributed by atoms with E-state index in [0.29, 0.717) is 25.1 Å². The second-order valence-electron chi connectivity index (χ2n) is 11.6. The van der Waals surface area contributed by atoms with Crippen LogP contribution in [0, 0.1) is 0 Å². The first kappa shape index (κ1) is 38.1. The van der Waals surface area contributed by atoms with E-state index in [1.165, 1.54) is 38.5 Å². The lowest BCUT2D eigenvalue weighted by atomic mass is 10.1. The Morgan fingerprint density at radius 1 is 0.825 bits per heavy atom. The van der Waals surface area contributed by atoms with E-state index in [1.807, 2.05) is 0 Å². The van der Waals surface area contributed by atoms with Crippen LogP contribution in [-0.4, -0.2) is 83.2 Å². The molecule has 9 nitrogen and oxygen atoms in total. The molecule has 0 spiro atoms. The van der Waals surface area contributed by atoms with Gasteiger partial charge in [-0.25, -0.2) is 0 Å². The molecule has 1 aliphatic heterocycles. The highest BCUT2D eigenvalue weighted by atomic mass is 29.2. The van der Waals surface area contributed by atoms with Gasteiger partial charge < -0.3 is 35.1 Å². The standard InChI is InChI=1S/C26H58O9Si5/c1-8-9-10-11-12-13-14-16-22-38(6)34-37(5,33-21-15-17-23-39(7,35-38)36-28)25-19-26(27)32-20-18-24-40(29-2,30-3)31-4/h36H,8-25H2,1-7H3. The van der Waals surface area contributed by atoms with Gasteiger partial charge in [0.2, 0.25) is 7.83 Å². The topological polar surface area (TPSA) is 98.8 Å². The van der Waals surface area contributed by atoms with E-state index < -0.39 is 42.7 Å². The van der Waals surface area contributed by atoms with Crippen LogP contribution in [0.25, 0.3) is 0 Å². The molecule has 1 rings (SSSR count). The van der Waals surface area contributed by atoms with Gasteiger partial charge in [-0.15, -0.1) is 0 Å². The van der Waals surface area contributed by atoms with Crippen LogP contribution in [0.3, 0.4) is 0 Å². The lowest BCUT2D eigenvalue weighted by molar-refractivity contribution is -0.143. The van der Waals surface area contributed by atoms with E-state index >= 15 is 0 Å². The molecule has 0 aromatic carbocycles. The number of hydrogen-bond acceptors (Lipinski definition) is 9. The van der Waals surface area contributed by atoms with Gasteiger partial charge >= 0.3 is 31.9 Å². The molecule has 1 fully saturated rings. The third-order valence-corrected chi connectivity index (χ3v) is 26.1. The number of carbonyl (C=O) groups is 1. The second kappa shape index (κ2) is 20.1. The number of ether oxygens (including phenoxy) is 1. The molecule has 0 aromatic heterocycles. The molecule has 40 heavy (non-hydrogen) atoms. The number of unbranched alkanes of at least 4 members (excludes halogenated alkanes) is 7. The molecule has 14 heteroatoms. The molecule has 0 N–H and O–H groups in total. The zero-order valence-electron chi connectivity index (χ0n) is 26.5. The van der Waals surface area contributed by atoms with E-state index in [4.69, 9.17) is 30.7 Å². The Kier molecular flexibility index (Phi) is 19.2. The van der Waals surface area contributed by atoms with Crippen LogP contribution >= 0.6 is 0 Å². The van der Waals surface area contributed by atoms with Crippen molar-refractivity contribution >= 4 is 48.7 Å². The maximum Gasteiger partial charge on any atom is 0.500 e. The van der Waals surface area contributed by atoms with E-state index in [1.54, 1.807) is 21.3 Å². The highest BCUT2D eigenvalue weighted by Crippen LogP contribution is 2.32. The average molecular weight is 655 g/mol. The summed E-state index contributed by atoms with van der Waals surface area (Å²) >= 11 is 0. The van der Waals surface area contributed by atoms with Crippen molar-refractivity contribution in [2.24, 2.45) is 0 Å². The first-order valence-electron chi connectivity index (χ1n) is 15.3. The van der Waals surface area contributed by atoms with Crippen LogP contribution < -0.4 is 0 Å². The maximum absolute atomic E-state index is 12.6. The summed E-state index contributed by atoms with van der Waals surface area (Å²) in [5, 5.41) is 0. The smallest absolute Gasteiger partial charge is 0.466 e. The Labute approximate surface area is 250 Å². The lowest BCUT2D eigenvalue weighted by Crippen LogP contribution is -2.58. The van der Waals surface area contributed by atoms with Gasteiger partial charge in [-0.1, -0.05) is 64.7 Å². The highest BCUT2D eigenvalue weighted by Gasteiger charge is 2.48. The van der Waals surface area contributed by atoms with Gasteiger partial charge in [-0.3, -0.25) is 4.79 Å². The number of carbonyl (C=O) groups excluding carboxylic acids is 1. The van der Waals surface area contributed by atoms with Gasteiger partial charge in [0.1, 0.15) is 0 Å². The minimum Gasteiger partial charge on any atom is -0.466 e. The lowest BCUT2D eigenvalue weighted by Gasteiger charge is -2.41. The van der Waals surface area contributed by atoms with E-state index in [0.717, 1.165) is 37.8 Å². The summed E-state index contributed by atoms with van der Waals surface area (Å²) in [7, 11) is -6.58. The molecule has 3 atom stereocenters.